The van der Waals surface area contributed by atoms with Crippen molar-refractivity contribution < 1.29 is 5.11 Å². The Morgan fingerprint density at radius 2 is 1.94 bits per heavy atom. The van der Waals surface area contributed by atoms with Gasteiger partial charge in [0.05, 0.1) is 0 Å². The molecule has 0 atom stereocenters. The fraction of sp³-hybridized carbons (Fsp3) is 0.385. The van der Waals surface area contributed by atoms with E-state index in [4.69, 9.17) is 5.73 Å². The molecule has 0 radical (unpaired) electrons. The van der Waals surface area contributed by atoms with Gasteiger partial charge in [-0.2, -0.15) is 0 Å². The maximum atomic E-state index is 10.3. The normalized spacial score (nSPS) is 19.3. The van der Waals surface area contributed by atoms with Gasteiger partial charge in [0.15, 0.2) is 0 Å². The molecule has 16 heavy (non-hydrogen) atoms. The number of phenolic OH excluding ortho intramolecular Hbond substituents is 1. The molecule has 0 aliphatic heterocycles. The molecule has 3 rings (SSSR count). The van der Waals surface area contributed by atoms with Crippen LogP contribution in [0.25, 0.3) is 10.1 Å². The monoisotopic (exact) mass is 233 g/mol. The van der Waals surface area contributed by atoms with Crippen LogP contribution in [0.1, 0.15) is 31.2 Å². The molecule has 0 spiro atoms. The number of thiophene rings is 1. The number of aromatic hydroxyl groups is 1. The first-order valence-electron chi connectivity index (χ1n) is 5.69. The second kappa shape index (κ2) is 3.47. The van der Waals surface area contributed by atoms with Gasteiger partial charge in [-0.25, -0.2) is 0 Å². The zero-order chi connectivity index (χ0) is 11.2. The topological polar surface area (TPSA) is 46.2 Å². The summed E-state index contributed by atoms with van der Waals surface area (Å²) >= 11 is 1.65. The Morgan fingerprint density at radius 3 is 2.69 bits per heavy atom. The second-order valence-electron chi connectivity index (χ2n) is 4.66. The third kappa shape index (κ3) is 1.35. The maximum Gasteiger partial charge on any atom is 0.129 e. The van der Waals surface area contributed by atoms with Crippen LogP contribution >= 0.6 is 11.3 Å². The predicted molar refractivity (Wildman–Crippen MR) is 67.8 cm³/mol. The second-order valence-corrected chi connectivity index (χ2v) is 5.61. The van der Waals surface area contributed by atoms with Crippen molar-refractivity contribution in [1.29, 1.82) is 0 Å². The quantitative estimate of drug-likeness (QED) is 0.793. The van der Waals surface area contributed by atoms with E-state index in [2.05, 4.69) is 6.07 Å². The zero-order valence-electron chi connectivity index (χ0n) is 9.07. The van der Waals surface area contributed by atoms with Crippen molar-refractivity contribution in [3.05, 3.63) is 29.1 Å². The highest BCUT2D eigenvalue weighted by Gasteiger charge is 2.33. The largest absolute Gasteiger partial charge is 0.507 e. The molecule has 0 unspecified atom stereocenters. The lowest BCUT2D eigenvalue weighted by molar-refractivity contribution is 0.413. The summed E-state index contributed by atoms with van der Waals surface area (Å²) in [6.45, 7) is 0. The van der Waals surface area contributed by atoms with Crippen LogP contribution in [-0.4, -0.2) is 5.11 Å². The highest BCUT2D eigenvalue weighted by atomic mass is 32.1. The van der Waals surface area contributed by atoms with Gasteiger partial charge in [-0.1, -0.05) is 18.9 Å². The Labute approximate surface area is 98.7 Å². The van der Waals surface area contributed by atoms with E-state index in [1.165, 1.54) is 0 Å². The van der Waals surface area contributed by atoms with Crippen molar-refractivity contribution in [2.75, 3.05) is 0 Å². The zero-order valence-corrected chi connectivity index (χ0v) is 9.89. The van der Waals surface area contributed by atoms with Crippen molar-refractivity contribution >= 4 is 21.4 Å². The SMILES string of the molecule is NC1(c2ccc3sccc3c2O)CCCC1. The first kappa shape index (κ1) is 10.1. The highest BCUT2D eigenvalue weighted by Crippen LogP contribution is 2.43. The summed E-state index contributed by atoms with van der Waals surface area (Å²) in [6, 6.07) is 6.04. The molecule has 2 nitrogen and oxygen atoms in total. The van der Waals surface area contributed by atoms with Crippen LogP contribution in [0.3, 0.4) is 0 Å². The Balaban J connectivity index is 2.19. The van der Waals surface area contributed by atoms with Crippen LogP contribution in [0.15, 0.2) is 23.6 Å². The molecule has 1 aliphatic rings. The molecule has 0 bridgehead atoms. The van der Waals surface area contributed by atoms with Crippen molar-refractivity contribution in [2.24, 2.45) is 5.73 Å². The summed E-state index contributed by atoms with van der Waals surface area (Å²) in [5, 5.41) is 13.2. The molecule has 84 valence electrons. The fourth-order valence-electron chi connectivity index (χ4n) is 2.71. The molecule has 0 amide bonds. The van der Waals surface area contributed by atoms with Gasteiger partial charge in [0, 0.05) is 21.2 Å². The van der Waals surface area contributed by atoms with Crippen LogP contribution < -0.4 is 5.73 Å². The summed E-state index contributed by atoms with van der Waals surface area (Å²) in [6.07, 6.45) is 4.29. The molecule has 1 saturated carbocycles. The number of phenols is 1. The first-order chi connectivity index (χ1) is 7.71. The van der Waals surface area contributed by atoms with E-state index in [9.17, 15) is 5.11 Å². The summed E-state index contributed by atoms with van der Waals surface area (Å²) in [5.74, 6) is 0.392. The van der Waals surface area contributed by atoms with Gasteiger partial charge in [0.1, 0.15) is 5.75 Å². The van der Waals surface area contributed by atoms with Crippen LogP contribution in [0.5, 0.6) is 5.75 Å². The van der Waals surface area contributed by atoms with Crippen LogP contribution in [0.2, 0.25) is 0 Å². The van der Waals surface area contributed by atoms with E-state index in [1.807, 2.05) is 17.5 Å². The lowest BCUT2D eigenvalue weighted by Crippen LogP contribution is -2.33. The Bertz CT molecular complexity index is 526. The summed E-state index contributed by atoms with van der Waals surface area (Å²) in [7, 11) is 0. The lowest BCUT2D eigenvalue weighted by atomic mass is 9.88. The molecule has 3 N–H and O–H groups in total. The molecule has 1 heterocycles. The maximum absolute atomic E-state index is 10.3. The Kier molecular flexibility index (Phi) is 2.19. The fourth-order valence-corrected chi connectivity index (χ4v) is 3.49. The van der Waals surface area contributed by atoms with Crippen LogP contribution in [0, 0.1) is 0 Å². The minimum absolute atomic E-state index is 0.305. The molecule has 0 saturated heterocycles. The molecule has 1 aromatic carbocycles. The van der Waals surface area contributed by atoms with E-state index in [1.54, 1.807) is 11.3 Å². The van der Waals surface area contributed by atoms with Gasteiger partial charge < -0.3 is 10.8 Å². The number of nitrogens with two attached hydrogens (primary N) is 1. The Morgan fingerprint density at radius 1 is 1.19 bits per heavy atom. The molecular weight excluding hydrogens is 218 g/mol. The minimum atomic E-state index is -0.305. The van der Waals surface area contributed by atoms with Crippen LogP contribution in [0.4, 0.5) is 0 Å². The van der Waals surface area contributed by atoms with E-state index in [0.717, 1.165) is 41.3 Å². The van der Waals surface area contributed by atoms with Crippen molar-refractivity contribution in [1.82, 2.24) is 0 Å². The summed E-state index contributed by atoms with van der Waals surface area (Å²) in [5.41, 5.74) is 7.01. The molecule has 2 aromatic rings. The van der Waals surface area contributed by atoms with E-state index in [-0.39, 0.29) is 5.54 Å². The standard InChI is InChI=1S/C13H15NOS/c14-13(6-1-2-7-13)10-3-4-11-9(12(10)15)5-8-16-11/h3-5,8,15H,1-2,6-7,14H2. The molecule has 3 heteroatoms. The Hall–Kier alpha value is -1.06. The van der Waals surface area contributed by atoms with Crippen molar-refractivity contribution in [3.63, 3.8) is 0 Å². The predicted octanol–water partition coefficient (Wildman–Crippen LogP) is 3.33. The highest BCUT2D eigenvalue weighted by molar-refractivity contribution is 7.17. The number of rotatable bonds is 1. The number of benzene rings is 1. The van der Waals surface area contributed by atoms with Crippen LogP contribution in [-0.2, 0) is 5.54 Å². The molecule has 1 aromatic heterocycles. The van der Waals surface area contributed by atoms with E-state index in [0.29, 0.717) is 5.75 Å². The third-order valence-electron chi connectivity index (χ3n) is 3.64. The summed E-state index contributed by atoms with van der Waals surface area (Å²) in [4.78, 5) is 0. The van der Waals surface area contributed by atoms with Gasteiger partial charge in [0.2, 0.25) is 0 Å². The number of hydrogen-bond donors (Lipinski definition) is 2. The molecular formula is C13H15NOS. The van der Waals surface area contributed by atoms with E-state index < -0.39 is 0 Å². The minimum Gasteiger partial charge on any atom is -0.507 e. The summed E-state index contributed by atoms with van der Waals surface area (Å²) < 4.78 is 1.13. The van der Waals surface area contributed by atoms with Gasteiger partial charge in [0.25, 0.3) is 0 Å². The van der Waals surface area contributed by atoms with Crippen molar-refractivity contribution in [3.8, 4) is 5.75 Å². The van der Waals surface area contributed by atoms with Gasteiger partial charge in [-0.15, -0.1) is 11.3 Å². The van der Waals surface area contributed by atoms with Gasteiger partial charge in [-0.3, -0.25) is 0 Å². The van der Waals surface area contributed by atoms with Gasteiger partial charge >= 0.3 is 0 Å². The first-order valence-corrected chi connectivity index (χ1v) is 6.57. The number of hydrogen-bond acceptors (Lipinski definition) is 3. The van der Waals surface area contributed by atoms with Gasteiger partial charge in [-0.05, 0) is 30.4 Å². The van der Waals surface area contributed by atoms with E-state index >= 15 is 0 Å². The average Bonchev–Trinajstić information content (AvgIpc) is 2.87. The third-order valence-corrected chi connectivity index (χ3v) is 4.52. The molecule has 1 fully saturated rings. The number of fused-ring (bicyclic) bond motifs is 1. The lowest BCUT2D eigenvalue weighted by Gasteiger charge is -2.25. The smallest absolute Gasteiger partial charge is 0.129 e. The average molecular weight is 233 g/mol. The molecule has 1 aliphatic carbocycles. The van der Waals surface area contributed by atoms with Crippen molar-refractivity contribution in [2.45, 2.75) is 31.2 Å².